The zero-order valence-electron chi connectivity index (χ0n) is 12.6. The van der Waals surface area contributed by atoms with Gasteiger partial charge in [-0.05, 0) is 54.1 Å². The van der Waals surface area contributed by atoms with Crippen LogP contribution in [-0.4, -0.2) is 25.3 Å². The van der Waals surface area contributed by atoms with Gasteiger partial charge in [-0.15, -0.1) is 10.2 Å². The summed E-state index contributed by atoms with van der Waals surface area (Å²) in [5.74, 6) is -1.48. The van der Waals surface area contributed by atoms with E-state index in [1.54, 1.807) is 13.0 Å². The second-order valence-electron chi connectivity index (χ2n) is 5.31. The van der Waals surface area contributed by atoms with Crippen LogP contribution in [0.2, 0.25) is 0 Å². The smallest absolute Gasteiger partial charge is 0.204 e. The second kappa shape index (κ2) is 6.40. The maximum Gasteiger partial charge on any atom is 0.204 e. The topological polar surface area (TPSA) is 63.8 Å². The molecule has 0 bridgehead atoms. The summed E-state index contributed by atoms with van der Waals surface area (Å²) in [4.78, 5) is 1.07. The molecule has 1 aromatic heterocycles. The van der Waals surface area contributed by atoms with Crippen LogP contribution >= 0.6 is 0 Å². The maximum absolute atomic E-state index is 13.6. The number of rotatable bonds is 4. The Morgan fingerprint density at radius 1 is 1.08 bits per heavy atom. The molecule has 0 saturated carbocycles. The van der Waals surface area contributed by atoms with Crippen LogP contribution in [-0.2, 0) is 6.54 Å². The highest BCUT2D eigenvalue weighted by Gasteiger charge is 2.17. The Balaban J connectivity index is 1.80. The fraction of sp³-hybridized carbons (Fsp3) is 0.188. The average molecular weight is 334 g/mol. The first-order valence-electron chi connectivity index (χ1n) is 7.11. The zero-order chi connectivity index (χ0) is 17.3. The number of halogens is 3. The van der Waals surface area contributed by atoms with Gasteiger partial charge in [0.15, 0.2) is 0 Å². The molecule has 5 nitrogen and oxygen atoms in total. The third kappa shape index (κ3) is 3.28. The molecule has 3 rings (SSSR count). The monoisotopic (exact) mass is 334 g/mol. The van der Waals surface area contributed by atoms with E-state index in [1.165, 1.54) is 12.1 Å². The number of aryl methyl sites for hydroxylation is 1. The molecule has 0 aliphatic carbocycles. The Morgan fingerprint density at radius 3 is 2.58 bits per heavy atom. The summed E-state index contributed by atoms with van der Waals surface area (Å²) in [7, 11) is 0. The summed E-state index contributed by atoms with van der Waals surface area (Å²) < 4.78 is 40.1. The Morgan fingerprint density at radius 2 is 1.83 bits per heavy atom. The summed E-state index contributed by atoms with van der Waals surface area (Å²) in [5, 5.41) is 21.7. The first-order valence-corrected chi connectivity index (χ1v) is 7.11. The Bertz CT molecular complexity index is 882. The van der Waals surface area contributed by atoms with Crippen LogP contribution in [0.3, 0.4) is 0 Å². The van der Waals surface area contributed by atoms with E-state index >= 15 is 0 Å². The summed E-state index contributed by atoms with van der Waals surface area (Å²) in [6.07, 6.45) is -1.34. The van der Waals surface area contributed by atoms with Crippen molar-refractivity contribution in [3.05, 3.63) is 65.0 Å². The molecule has 0 saturated heterocycles. The van der Waals surface area contributed by atoms with E-state index in [1.807, 2.05) is 0 Å². The van der Waals surface area contributed by atoms with Crippen molar-refractivity contribution < 1.29 is 18.3 Å². The van der Waals surface area contributed by atoms with E-state index in [-0.39, 0.29) is 23.7 Å². The van der Waals surface area contributed by atoms with Gasteiger partial charge in [0.05, 0.1) is 6.54 Å². The third-order valence-electron chi connectivity index (χ3n) is 3.52. The molecule has 0 radical (unpaired) electrons. The number of tetrazole rings is 1. The van der Waals surface area contributed by atoms with Gasteiger partial charge >= 0.3 is 0 Å². The minimum atomic E-state index is -1.34. The van der Waals surface area contributed by atoms with Gasteiger partial charge in [-0.1, -0.05) is 0 Å². The van der Waals surface area contributed by atoms with Crippen molar-refractivity contribution in [3.8, 4) is 11.4 Å². The lowest BCUT2D eigenvalue weighted by Gasteiger charge is -2.10. The molecule has 1 atom stereocenters. The zero-order valence-corrected chi connectivity index (χ0v) is 12.6. The molecular formula is C16H13F3N4O. The number of aromatic nitrogens is 4. The molecule has 0 fully saturated rings. The number of hydrogen-bond acceptors (Lipinski definition) is 4. The van der Waals surface area contributed by atoms with E-state index in [0.717, 1.165) is 23.0 Å². The van der Waals surface area contributed by atoms with E-state index < -0.39 is 17.7 Å². The fourth-order valence-corrected chi connectivity index (χ4v) is 2.24. The number of aliphatic hydroxyl groups excluding tert-OH is 1. The highest BCUT2D eigenvalue weighted by Crippen LogP contribution is 2.21. The molecular weight excluding hydrogens is 321 g/mol. The van der Waals surface area contributed by atoms with Crippen LogP contribution < -0.4 is 0 Å². The normalized spacial score (nSPS) is 12.4. The predicted molar refractivity (Wildman–Crippen MR) is 79.3 cm³/mol. The van der Waals surface area contributed by atoms with E-state index in [4.69, 9.17) is 0 Å². The largest absolute Gasteiger partial charge is 0.386 e. The Hall–Kier alpha value is -2.74. The lowest BCUT2D eigenvalue weighted by molar-refractivity contribution is 0.140. The molecule has 0 aliphatic heterocycles. The minimum Gasteiger partial charge on any atom is -0.386 e. The lowest BCUT2D eigenvalue weighted by atomic mass is 10.1. The van der Waals surface area contributed by atoms with Crippen molar-refractivity contribution in [2.75, 3.05) is 0 Å². The molecule has 124 valence electrons. The van der Waals surface area contributed by atoms with Gasteiger partial charge in [-0.25, -0.2) is 13.2 Å². The summed E-state index contributed by atoms with van der Waals surface area (Å²) >= 11 is 0. The lowest BCUT2D eigenvalue weighted by Crippen LogP contribution is -2.13. The van der Waals surface area contributed by atoms with Crippen molar-refractivity contribution in [1.82, 2.24) is 20.2 Å². The number of aliphatic hydroxyl groups is 1. The van der Waals surface area contributed by atoms with Crippen molar-refractivity contribution in [1.29, 1.82) is 0 Å². The van der Waals surface area contributed by atoms with Crippen molar-refractivity contribution in [2.24, 2.45) is 0 Å². The SMILES string of the molecule is Cc1cc(-c2nnn(CC(O)c3cc(F)ccc3F)n2)ccc1F. The highest BCUT2D eigenvalue weighted by molar-refractivity contribution is 5.55. The highest BCUT2D eigenvalue weighted by atomic mass is 19.1. The second-order valence-corrected chi connectivity index (χ2v) is 5.31. The van der Waals surface area contributed by atoms with Crippen LogP contribution in [0, 0.1) is 24.4 Å². The molecule has 8 heteroatoms. The summed E-state index contributed by atoms with van der Waals surface area (Å²) in [6.45, 7) is 1.41. The maximum atomic E-state index is 13.6. The third-order valence-corrected chi connectivity index (χ3v) is 3.52. The Kier molecular flexibility index (Phi) is 4.30. The van der Waals surface area contributed by atoms with Crippen LogP contribution in [0.4, 0.5) is 13.2 Å². The molecule has 2 aromatic carbocycles. The van der Waals surface area contributed by atoms with Gasteiger partial charge < -0.3 is 5.11 Å². The Labute approximate surface area is 135 Å². The molecule has 0 aliphatic rings. The first-order chi connectivity index (χ1) is 11.4. The van der Waals surface area contributed by atoms with Crippen LogP contribution in [0.25, 0.3) is 11.4 Å². The first kappa shape index (κ1) is 16.1. The summed E-state index contributed by atoms with van der Waals surface area (Å²) in [6, 6.07) is 7.19. The number of hydrogen-bond donors (Lipinski definition) is 1. The predicted octanol–water partition coefficient (Wildman–Crippen LogP) is 2.80. The van der Waals surface area contributed by atoms with Crippen LogP contribution in [0.15, 0.2) is 36.4 Å². The van der Waals surface area contributed by atoms with Gasteiger partial charge in [0.1, 0.15) is 23.6 Å². The standard InChI is InChI=1S/C16H13F3N4O/c1-9-6-10(2-4-13(9)18)16-20-22-23(21-16)8-15(24)12-7-11(17)3-5-14(12)19/h2-7,15,24H,8H2,1H3. The van der Waals surface area contributed by atoms with Crippen LogP contribution in [0.1, 0.15) is 17.2 Å². The van der Waals surface area contributed by atoms with Gasteiger partial charge in [0.2, 0.25) is 5.82 Å². The molecule has 3 aromatic rings. The van der Waals surface area contributed by atoms with Gasteiger partial charge in [0, 0.05) is 11.1 Å². The van der Waals surface area contributed by atoms with Crippen molar-refractivity contribution in [3.63, 3.8) is 0 Å². The molecule has 1 N–H and O–H groups in total. The molecule has 0 spiro atoms. The van der Waals surface area contributed by atoms with E-state index in [9.17, 15) is 18.3 Å². The average Bonchev–Trinajstić information content (AvgIpc) is 3.00. The van der Waals surface area contributed by atoms with E-state index in [0.29, 0.717) is 11.1 Å². The number of nitrogens with zero attached hydrogens (tertiary/aromatic N) is 4. The minimum absolute atomic E-state index is 0.188. The van der Waals surface area contributed by atoms with Gasteiger partial charge in [0.25, 0.3) is 0 Å². The molecule has 24 heavy (non-hydrogen) atoms. The molecule has 0 amide bonds. The van der Waals surface area contributed by atoms with Gasteiger partial charge in [-0.3, -0.25) is 0 Å². The van der Waals surface area contributed by atoms with Crippen LogP contribution in [0.5, 0.6) is 0 Å². The molecule has 1 heterocycles. The van der Waals surface area contributed by atoms with Crippen molar-refractivity contribution in [2.45, 2.75) is 19.6 Å². The number of benzene rings is 2. The van der Waals surface area contributed by atoms with E-state index in [2.05, 4.69) is 15.4 Å². The fourth-order valence-electron chi connectivity index (χ4n) is 2.24. The van der Waals surface area contributed by atoms with Gasteiger partial charge in [-0.2, -0.15) is 4.80 Å². The summed E-state index contributed by atoms with van der Waals surface area (Å²) in [5.41, 5.74) is 0.809. The quantitative estimate of drug-likeness (QED) is 0.797. The molecule has 1 unspecified atom stereocenters. The van der Waals surface area contributed by atoms with Crippen molar-refractivity contribution >= 4 is 0 Å².